The van der Waals surface area contributed by atoms with E-state index in [-0.39, 0.29) is 4.75 Å². The highest BCUT2D eigenvalue weighted by Gasteiger charge is 2.21. The summed E-state index contributed by atoms with van der Waals surface area (Å²) in [5.41, 5.74) is 0. The van der Waals surface area contributed by atoms with Gasteiger partial charge in [0.05, 0.1) is 15.7 Å². The Morgan fingerprint density at radius 2 is 1.69 bits per heavy atom. The molecule has 0 aromatic carbocycles. The molecule has 2 atom stereocenters. The summed E-state index contributed by atoms with van der Waals surface area (Å²) in [4.78, 5) is 0. The van der Waals surface area contributed by atoms with Gasteiger partial charge in [0.2, 0.25) is 0 Å². The fourth-order valence-electron chi connectivity index (χ4n) is 1.11. The van der Waals surface area contributed by atoms with E-state index in [1.807, 2.05) is 20.8 Å². The second-order valence-electron chi connectivity index (χ2n) is 5.03. The van der Waals surface area contributed by atoms with Gasteiger partial charge in [-0.2, -0.15) is 0 Å². The van der Waals surface area contributed by atoms with Crippen LogP contribution in [0.3, 0.4) is 0 Å². The second kappa shape index (κ2) is 5.11. The normalized spacial score (nSPS) is 17.5. The van der Waals surface area contributed by atoms with Crippen LogP contribution in [0.2, 0.25) is 0 Å². The third-order valence-corrected chi connectivity index (χ3v) is 3.42. The molecular weight excluding hydrogens is 182 g/mol. The predicted molar refractivity (Wildman–Crippen MR) is 59.9 cm³/mol. The predicted octanol–water partition coefficient (Wildman–Crippen LogP) is 2.47. The molecule has 0 aliphatic carbocycles. The Bertz CT molecular complexity index is 172. The van der Waals surface area contributed by atoms with Crippen LogP contribution in [-0.4, -0.2) is 15.0 Å². The first kappa shape index (κ1) is 13.1. The average Bonchev–Trinajstić information content (AvgIpc) is 1.82. The maximum atomic E-state index is 11.7. The van der Waals surface area contributed by atoms with Crippen molar-refractivity contribution in [1.29, 1.82) is 0 Å². The summed E-state index contributed by atoms with van der Waals surface area (Å²) >= 11 is 0. The zero-order valence-electron chi connectivity index (χ0n) is 9.68. The molecule has 0 heterocycles. The monoisotopic (exact) mass is 205 g/mol. The van der Waals surface area contributed by atoms with Crippen molar-refractivity contribution in [2.45, 2.75) is 58.8 Å². The number of rotatable bonds is 4. The molecule has 0 rings (SSSR count). The molecule has 0 aromatic rings. The van der Waals surface area contributed by atoms with E-state index in [9.17, 15) is 4.21 Å². The summed E-state index contributed by atoms with van der Waals surface area (Å²) in [5.74, 6) is 0.652. The topological polar surface area (TPSA) is 29.1 Å². The summed E-state index contributed by atoms with van der Waals surface area (Å²) in [6.07, 6.45) is 1.07. The highest BCUT2D eigenvalue weighted by molar-refractivity contribution is 7.84. The molecule has 0 fully saturated rings. The standard InChI is InChI=1S/C10H23NOS/c1-8(2)7-9(3)11-13(12)10(4,5)6/h8-9,11H,7H2,1-6H3/t9-,13+/m1/s1. The summed E-state index contributed by atoms with van der Waals surface area (Å²) < 4.78 is 14.6. The molecule has 0 amide bonds. The van der Waals surface area contributed by atoms with E-state index >= 15 is 0 Å². The largest absolute Gasteiger partial charge is 0.242 e. The second-order valence-corrected chi connectivity index (χ2v) is 7.03. The highest BCUT2D eigenvalue weighted by atomic mass is 32.2. The molecule has 1 N–H and O–H groups in total. The Kier molecular flexibility index (Phi) is 5.15. The quantitative estimate of drug-likeness (QED) is 0.750. The van der Waals surface area contributed by atoms with Gasteiger partial charge in [0.1, 0.15) is 0 Å². The van der Waals surface area contributed by atoms with Crippen molar-refractivity contribution in [3.8, 4) is 0 Å². The Balaban J connectivity index is 3.93. The maximum Gasteiger partial charge on any atom is 0.0972 e. The molecule has 3 heteroatoms. The first-order valence-electron chi connectivity index (χ1n) is 4.91. The van der Waals surface area contributed by atoms with Crippen molar-refractivity contribution in [1.82, 2.24) is 4.72 Å². The Labute approximate surface area is 85.1 Å². The fraction of sp³-hybridized carbons (Fsp3) is 1.00. The maximum absolute atomic E-state index is 11.7. The molecule has 0 aliphatic rings. The molecule has 0 saturated carbocycles. The van der Waals surface area contributed by atoms with Gasteiger partial charge in [0.25, 0.3) is 0 Å². The van der Waals surface area contributed by atoms with Gasteiger partial charge in [-0.15, -0.1) is 0 Å². The van der Waals surface area contributed by atoms with E-state index in [1.165, 1.54) is 0 Å². The van der Waals surface area contributed by atoms with E-state index in [0.29, 0.717) is 12.0 Å². The number of hydrogen-bond donors (Lipinski definition) is 1. The van der Waals surface area contributed by atoms with Gasteiger partial charge in [-0.05, 0) is 40.0 Å². The van der Waals surface area contributed by atoms with Gasteiger partial charge in [0.15, 0.2) is 0 Å². The van der Waals surface area contributed by atoms with Crippen molar-refractivity contribution < 1.29 is 4.21 Å². The average molecular weight is 205 g/mol. The minimum Gasteiger partial charge on any atom is -0.242 e. The van der Waals surface area contributed by atoms with Gasteiger partial charge >= 0.3 is 0 Å². The van der Waals surface area contributed by atoms with Crippen molar-refractivity contribution in [3.63, 3.8) is 0 Å². The Morgan fingerprint density at radius 1 is 1.23 bits per heavy atom. The van der Waals surface area contributed by atoms with Crippen LogP contribution in [0.5, 0.6) is 0 Å². The van der Waals surface area contributed by atoms with E-state index in [4.69, 9.17) is 0 Å². The zero-order chi connectivity index (χ0) is 10.6. The van der Waals surface area contributed by atoms with Crippen LogP contribution in [0.15, 0.2) is 0 Å². The van der Waals surface area contributed by atoms with Crippen molar-refractivity contribution in [3.05, 3.63) is 0 Å². The lowest BCUT2D eigenvalue weighted by Gasteiger charge is -2.22. The third kappa shape index (κ3) is 6.22. The van der Waals surface area contributed by atoms with Crippen LogP contribution in [0, 0.1) is 5.92 Å². The van der Waals surface area contributed by atoms with Crippen LogP contribution in [-0.2, 0) is 11.0 Å². The summed E-state index contributed by atoms with van der Waals surface area (Å²) in [6.45, 7) is 12.4. The van der Waals surface area contributed by atoms with E-state index < -0.39 is 11.0 Å². The smallest absolute Gasteiger partial charge is 0.0972 e. The lowest BCUT2D eigenvalue weighted by Crippen LogP contribution is -2.38. The van der Waals surface area contributed by atoms with Gasteiger partial charge in [-0.25, -0.2) is 8.93 Å². The summed E-state index contributed by atoms with van der Waals surface area (Å²) in [6, 6.07) is 0.333. The zero-order valence-corrected chi connectivity index (χ0v) is 10.5. The van der Waals surface area contributed by atoms with Crippen molar-refractivity contribution in [2.75, 3.05) is 0 Å². The summed E-state index contributed by atoms with van der Waals surface area (Å²) in [5, 5.41) is 0. The molecular formula is C10H23NOS. The molecule has 0 spiro atoms. The van der Waals surface area contributed by atoms with Gasteiger partial charge in [0, 0.05) is 6.04 Å². The fourth-order valence-corrected chi connectivity index (χ4v) is 1.93. The van der Waals surface area contributed by atoms with Gasteiger partial charge in [-0.1, -0.05) is 13.8 Å². The van der Waals surface area contributed by atoms with Gasteiger partial charge < -0.3 is 0 Å². The van der Waals surface area contributed by atoms with E-state index in [1.54, 1.807) is 0 Å². The SMILES string of the molecule is CC(C)C[C@@H](C)N[S@@](=O)C(C)(C)C. The van der Waals surface area contributed by atoms with Crippen LogP contribution >= 0.6 is 0 Å². The summed E-state index contributed by atoms with van der Waals surface area (Å²) in [7, 11) is -0.934. The molecule has 0 radical (unpaired) electrons. The molecule has 2 nitrogen and oxygen atoms in total. The number of hydrogen-bond acceptors (Lipinski definition) is 1. The molecule has 0 aliphatic heterocycles. The minimum atomic E-state index is -0.934. The number of nitrogens with one attached hydrogen (secondary N) is 1. The van der Waals surface area contributed by atoms with Crippen LogP contribution in [0.1, 0.15) is 48.0 Å². The first-order chi connectivity index (χ1) is 5.73. The molecule has 13 heavy (non-hydrogen) atoms. The van der Waals surface area contributed by atoms with E-state index in [2.05, 4.69) is 25.5 Å². The van der Waals surface area contributed by atoms with E-state index in [0.717, 1.165) is 6.42 Å². The van der Waals surface area contributed by atoms with Gasteiger partial charge in [-0.3, -0.25) is 0 Å². The first-order valence-corrected chi connectivity index (χ1v) is 6.06. The minimum absolute atomic E-state index is 0.161. The van der Waals surface area contributed by atoms with Crippen LogP contribution in [0.4, 0.5) is 0 Å². The van der Waals surface area contributed by atoms with Crippen LogP contribution in [0.25, 0.3) is 0 Å². The molecule has 80 valence electrons. The van der Waals surface area contributed by atoms with Crippen LogP contribution < -0.4 is 4.72 Å². The molecule has 0 bridgehead atoms. The third-order valence-electron chi connectivity index (χ3n) is 1.69. The lowest BCUT2D eigenvalue weighted by atomic mass is 10.1. The lowest BCUT2D eigenvalue weighted by molar-refractivity contribution is 0.491. The van der Waals surface area contributed by atoms with Crippen molar-refractivity contribution in [2.24, 2.45) is 5.92 Å². The highest BCUT2D eigenvalue weighted by Crippen LogP contribution is 2.11. The molecule has 0 unspecified atom stereocenters. The molecule has 0 saturated heterocycles. The Hall–Kier alpha value is 0.110. The Morgan fingerprint density at radius 3 is 2.00 bits per heavy atom. The molecule has 0 aromatic heterocycles. The van der Waals surface area contributed by atoms with Crippen molar-refractivity contribution >= 4 is 11.0 Å².